The summed E-state index contributed by atoms with van der Waals surface area (Å²) in [5.74, 6) is -0.379. The van der Waals surface area contributed by atoms with Crippen molar-refractivity contribution >= 4 is 23.2 Å². The molecule has 0 saturated carbocycles. The number of hydrogen-bond acceptors (Lipinski definition) is 2. The number of benzene rings is 2. The van der Waals surface area contributed by atoms with Crippen LogP contribution in [-0.2, 0) is 4.79 Å². The Bertz CT molecular complexity index is 693. The van der Waals surface area contributed by atoms with Crippen LogP contribution in [0.3, 0.4) is 0 Å². The molecular weight excluding hydrogens is 276 g/mol. The molecule has 2 amide bonds. The van der Waals surface area contributed by atoms with Gasteiger partial charge in [-0.15, -0.1) is 0 Å². The SMILES string of the molecule is Cc1ccccc1NC(=O)c1cccc(NC(=O)C(C)C)c1. The zero-order valence-electron chi connectivity index (χ0n) is 13.0. The number of anilines is 2. The molecule has 0 heterocycles. The first-order valence-corrected chi connectivity index (χ1v) is 7.25. The highest BCUT2D eigenvalue weighted by Gasteiger charge is 2.10. The van der Waals surface area contributed by atoms with Gasteiger partial charge in [-0.2, -0.15) is 0 Å². The Kier molecular flexibility index (Phi) is 4.94. The van der Waals surface area contributed by atoms with Gasteiger partial charge < -0.3 is 10.6 Å². The second-order valence-corrected chi connectivity index (χ2v) is 5.49. The summed E-state index contributed by atoms with van der Waals surface area (Å²) in [4.78, 5) is 24.0. The van der Waals surface area contributed by atoms with Crippen molar-refractivity contribution in [1.82, 2.24) is 0 Å². The zero-order chi connectivity index (χ0) is 16.1. The molecule has 2 rings (SSSR count). The fourth-order valence-electron chi connectivity index (χ4n) is 1.93. The van der Waals surface area contributed by atoms with Crippen molar-refractivity contribution in [3.8, 4) is 0 Å². The highest BCUT2D eigenvalue weighted by atomic mass is 16.2. The van der Waals surface area contributed by atoms with Crippen LogP contribution in [0.25, 0.3) is 0 Å². The van der Waals surface area contributed by atoms with Crippen molar-refractivity contribution in [2.24, 2.45) is 5.92 Å². The molecule has 2 aromatic carbocycles. The van der Waals surface area contributed by atoms with Gasteiger partial charge >= 0.3 is 0 Å². The number of aryl methyl sites for hydroxylation is 1. The fraction of sp³-hybridized carbons (Fsp3) is 0.222. The molecule has 0 aromatic heterocycles. The van der Waals surface area contributed by atoms with Crippen molar-refractivity contribution in [3.05, 3.63) is 59.7 Å². The molecule has 0 fully saturated rings. The lowest BCUT2D eigenvalue weighted by Gasteiger charge is -2.11. The van der Waals surface area contributed by atoms with Gasteiger partial charge in [0.05, 0.1) is 0 Å². The summed E-state index contributed by atoms with van der Waals surface area (Å²) in [6, 6.07) is 14.5. The van der Waals surface area contributed by atoms with E-state index in [1.54, 1.807) is 24.3 Å². The lowest BCUT2D eigenvalue weighted by molar-refractivity contribution is -0.118. The van der Waals surface area contributed by atoms with E-state index in [9.17, 15) is 9.59 Å². The maximum Gasteiger partial charge on any atom is 0.255 e. The van der Waals surface area contributed by atoms with Crippen LogP contribution in [0, 0.1) is 12.8 Å². The van der Waals surface area contributed by atoms with Gasteiger partial charge in [0.1, 0.15) is 0 Å². The average molecular weight is 296 g/mol. The number of para-hydroxylation sites is 1. The molecule has 0 spiro atoms. The maximum atomic E-state index is 12.3. The van der Waals surface area contributed by atoms with Crippen LogP contribution < -0.4 is 10.6 Å². The van der Waals surface area contributed by atoms with Gasteiger partial charge in [0.2, 0.25) is 5.91 Å². The van der Waals surface area contributed by atoms with E-state index in [1.807, 2.05) is 45.0 Å². The summed E-state index contributed by atoms with van der Waals surface area (Å²) < 4.78 is 0. The second kappa shape index (κ2) is 6.89. The van der Waals surface area contributed by atoms with Gasteiger partial charge in [-0.1, -0.05) is 38.1 Å². The zero-order valence-corrected chi connectivity index (χ0v) is 13.0. The quantitative estimate of drug-likeness (QED) is 0.900. The van der Waals surface area contributed by atoms with E-state index in [4.69, 9.17) is 0 Å². The average Bonchev–Trinajstić information content (AvgIpc) is 2.49. The van der Waals surface area contributed by atoms with Crippen molar-refractivity contribution in [3.63, 3.8) is 0 Å². The van der Waals surface area contributed by atoms with Crippen molar-refractivity contribution in [2.75, 3.05) is 10.6 Å². The van der Waals surface area contributed by atoms with Crippen molar-refractivity contribution in [1.29, 1.82) is 0 Å². The van der Waals surface area contributed by atoms with Gasteiger partial charge in [0.15, 0.2) is 0 Å². The highest BCUT2D eigenvalue weighted by molar-refractivity contribution is 6.05. The topological polar surface area (TPSA) is 58.2 Å². The molecule has 0 radical (unpaired) electrons. The van der Waals surface area contributed by atoms with E-state index in [1.165, 1.54) is 0 Å². The van der Waals surface area contributed by atoms with Gasteiger partial charge in [-0.3, -0.25) is 9.59 Å². The van der Waals surface area contributed by atoms with E-state index in [0.29, 0.717) is 11.3 Å². The minimum Gasteiger partial charge on any atom is -0.326 e. The standard InChI is InChI=1S/C18H20N2O2/c1-12(2)17(21)19-15-9-6-8-14(11-15)18(22)20-16-10-5-4-7-13(16)3/h4-12H,1-3H3,(H,19,21)(H,20,22). The third-order valence-electron chi connectivity index (χ3n) is 3.31. The van der Waals surface area contributed by atoms with Crippen molar-refractivity contribution in [2.45, 2.75) is 20.8 Å². The summed E-state index contributed by atoms with van der Waals surface area (Å²) in [6.07, 6.45) is 0. The molecule has 0 aliphatic heterocycles. The minimum absolute atomic E-state index is 0.0727. The molecule has 0 aliphatic rings. The Morgan fingerprint density at radius 3 is 2.36 bits per heavy atom. The minimum atomic E-state index is -0.199. The molecule has 0 saturated heterocycles. The molecule has 0 aliphatic carbocycles. The predicted octanol–water partition coefficient (Wildman–Crippen LogP) is 3.84. The van der Waals surface area contributed by atoms with Gasteiger partial charge in [-0.25, -0.2) is 0 Å². The Hall–Kier alpha value is -2.62. The van der Waals surface area contributed by atoms with Crippen LogP contribution in [0.2, 0.25) is 0 Å². The number of rotatable bonds is 4. The Balaban J connectivity index is 2.14. The third-order valence-corrected chi connectivity index (χ3v) is 3.31. The molecular formula is C18H20N2O2. The van der Waals surface area contributed by atoms with Crippen LogP contribution in [0.4, 0.5) is 11.4 Å². The summed E-state index contributed by atoms with van der Waals surface area (Å²) in [5.41, 5.74) is 2.91. The molecule has 0 bridgehead atoms. The van der Waals surface area contributed by atoms with Crippen molar-refractivity contribution < 1.29 is 9.59 Å². The molecule has 0 unspecified atom stereocenters. The lowest BCUT2D eigenvalue weighted by Crippen LogP contribution is -2.18. The first kappa shape index (κ1) is 15.8. The third kappa shape index (κ3) is 3.95. The normalized spacial score (nSPS) is 10.4. The molecule has 4 heteroatoms. The van der Waals surface area contributed by atoms with Crippen LogP contribution in [0.1, 0.15) is 29.8 Å². The van der Waals surface area contributed by atoms with E-state index in [0.717, 1.165) is 11.3 Å². The molecule has 114 valence electrons. The molecule has 4 nitrogen and oxygen atoms in total. The van der Waals surface area contributed by atoms with E-state index in [2.05, 4.69) is 10.6 Å². The Morgan fingerprint density at radius 2 is 1.68 bits per heavy atom. The monoisotopic (exact) mass is 296 g/mol. The van der Waals surface area contributed by atoms with Crippen LogP contribution >= 0.6 is 0 Å². The van der Waals surface area contributed by atoms with Crippen LogP contribution in [-0.4, -0.2) is 11.8 Å². The summed E-state index contributed by atoms with van der Waals surface area (Å²) in [6.45, 7) is 5.59. The number of nitrogens with one attached hydrogen (secondary N) is 2. The molecule has 2 aromatic rings. The van der Waals surface area contributed by atoms with E-state index in [-0.39, 0.29) is 17.7 Å². The summed E-state index contributed by atoms with van der Waals surface area (Å²) in [7, 11) is 0. The largest absolute Gasteiger partial charge is 0.326 e. The smallest absolute Gasteiger partial charge is 0.255 e. The number of amides is 2. The predicted molar refractivity (Wildman–Crippen MR) is 89.0 cm³/mol. The van der Waals surface area contributed by atoms with E-state index < -0.39 is 0 Å². The first-order valence-electron chi connectivity index (χ1n) is 7.25. The molecule has 2 N–H and O–H groups in total. The lowest BCUT2D eigenvalue weighted by atomic mass is 10.1. The fourth-order valence-corrected chi connectivity index (χ4v) is 1.93. The maximum absolute atomic E-state index is 12.3. The number of carbonyl (C=O) groups is 2. The second-order valence-electron chi connectivity index (χ2n) is 5.49. The summed E-state index contributed by atoms with van der Waals surface area (Å²) in [5, 5.41) is 5.67. The van der Waals surface area contributed by atoms with Crippen LogP contribution in [0.5, 0.6) is 0 Å². The number of hydrogen-bond donors (Lipinski definition) is 2. The number of carbonyl (C=O) groups excluding carboxylic acids is 2. The molecule has 22 heavy (non-hydrogen) atoms. The molecule has 0 atom stereocenters. The highest BCUT2D eigenvalue weighted by Crippen LogP contribution is 2.17. The van der Waals surface area contributed by atoms with Gasteiger partial charge in [0, 0.05) is 22.9 Å². The van der Waals surface area contributed by atoms with Gasteiger partial charge in [-0.05, 0) is 36.8 Å². The Labute approximate surface area is 130 Å². The van der Waals surface area contributed by atoms with Crippen LogP contribution in [0.15, 0.2) is 48.5 Å². The van der Waals surface area contributed by atoms with Gasteiger partial charge in [0.25, 0.3) is 5.91 Å². The first-order chi connectivity index (χ1) is 10.5. The summed E-state index contributed by atoms with van der Waals surface area (Å²) >= 11 is 0. The Morgan fingerprint density at radius 1 is 0.955 bits per heavy atom. The van der Waals surface area contributed by atoms with E-state index >= 15 is 0 Å².